The normalized spacial score (nSPS) is 10.7. The number of nitrogens with zero attached hydrogens (tertiary/aromatic N) is 1. The Labute approximate surface area is 193 Å². The first-order valence-corrected chi connectivity index (χ1v) is 10.8. The van der Waals surface area contributed by atoms with Crippen molar-refractivity contribution in [2.24, 2.45) is 0 Å². The maximum absolute atomic E-state index is 6.26. The lowest BCUT2D eigenvalue weighted by Gasteiger charge is -2.06. The second kappa shape index (κ2) is 9.45. The van der Waals surface area contributed by atoms with Gasteiger partial charge in [0.1, 0.15) is 17.2 Å². The van der Waals surface area contributed by atoms with Gasteiger partial charge < -0.3 is 13.9 Å². The van der Waals surface area contributed by atoms with Crippen LogP contribution in [-0.2, 0) is 6.42 Å². The number of para-hydroxylation sites is 1. The van der Waals surface area contributed by atoms with Crippen LogP contribution in [0.15, 0.2) is 114 Å². The summed E-state index contributed by atoms with van der Waals surface area (Å²) in [5.41, 5.74) is 3.93. The summed E-state index contributed by atoms with van der Waals surface area (Å²) in [6, 6.07) is 35.7. The minimum Gasteiger partial charge on any atom is -0.497 e. The predicted octanol–water partition coefficient (Wildman–Crippen LogP) is 7.40. The average Bonchev–Trinajstić information content (AvgIpc) is 3.30. The highest BCUT2D eigenvalue weighted by Crippen LogP contribution is 2.32. The summed E-state index contributed by atoms with van der Waals surface area (Å²) in [5, 5.41) is 0. The maximum Gasteiger partial charge on any atom is 0.227 e. The zero-order valence-electron chi connectivity index (χ0n) is 18.3. The van der Waals surface area contributed by atoms with Crippen molar-refractivity contribution in [2.45, 2.75) is 6.42 Å². The third kappa shape index (κ3) is 4.80. The van der Waals surface area contributed by atoms with Crippen molar-refractivity contribution < 1.29 is 13.9 Å². The van der Waals surface area contributed by atoms with Gasteiger partial charge in [0.15, 0.2) is 5.76 Å². The lowest BCUT2D eigenvalue weighted by Crippen LogP contribution is -1.92. The summed E-state index contributed by atoms with van der Waals surface area (Å²) in [6.45, 7) is 0. The fraction of sp³-hybridized carbons (Fsp3) is 0.0690. The van der Waals surface area contributed by atoms with E-state index in [1.54, 1.807) is 7.11 Å². The Morgan fingerprint density at radius 2 is 1.24 bits per heavy atom. The second-order valence-electron chi connectivity index (χ2n) is 7.63. The highest BCUT2D eigenvalue weighted by Gasteiger charge is 2.17. The molecule has 0 saturated heterocycles. The third-order valence-electron chi connectivity index (χ3n) is 5.34. The Bertz CT molecular complexity index is 1310. The number of benzene rings is 4. The number of oxazole rings is 1. The molecule has 0 saturated carbocycles. The van der Waals surface area contributed by atoms with E-state index in [-0.39, 0.29) is 0 Å². The molecular weight excluding hydrogens is 410 g/mol. The molecule has 4 heteroatoms. The largest absolute Gasteiger partial charge is 0.497 e. The van der Waals surface area contributed by atoms with Crippen molar-refractivity contribution in [3.8, 4) is 40.0 Å². The fourth-order valence-corrected chi connectivity index (χ4v) is 3.64. The Kier molecular flexibility index (Phi) is 5.89. The van der Waals surface area contributed by atoms with Crippen LogP contribution in [0.3, 0.4) is 0 Å². The van der Waals surface area contributed by atoms with Crippen molar-refractivity contribution in [2.75, 3.05) is 7.11 Å². The molecule has 4 aromatic carbocycles. The number of aromatic nitrogens is 1. The van der Waals surface area contributed by atoms with E-state index < -0.39 is 0 Å². The molecule has 5 rings (SSSR count). The SMILES string of the molecule is COc1ccc(-c2nc(Cc3ccc(Oc4ccccc4)cc3)c(-c3ccccc3)o2)cc1. The first-order chi connectivity index (χ1) is 16.3. The monoisotopic (exact) mass is 433 g/mol. The lowest BCUT2D eigenvalue weighted by atomic mass is 10.1. The van der Waals surface area contributed by atoms with Gasteiger partial charge in [-0.25, -0.2) is 4.98 Å². The third-order valence-corrected chi connectivity index (χ3v) is 5.34. The molecular formula is C29H23NO3. The van der Waals surface area contributed by atoms with E-state index in [0.29, 0.717) is 12.3 Å². The van der Waals surface area contributed by atoms with Crippen LogP contribution in [0.5, 0.6) is 17.2 Å². The number of hydrogen-bond donors (Lipinski definition) is 0. The summed E-state index contributed by atoms with van der Waals surface area (Å²) in [7, 11) is 1.65. The van der Waals surface area contributed by atoms with Crippen LogP contribution in [0.25, 0.3) is 22.8 Å². The van der Waals surface area contributed by atoms with E-state index in [9.17, 15) is 0 Å². The molecule has 0 aliphatic carbocycles. The quantitative estimate of drug-likeness (QED) is 0.268. The minimum absolute atomic E-state index is 0.593. The molecule has 1 heterocycles. The molecule has 0 amide bonds. The van der Waals surface area contributed by atoms with E-state index in [1.165, 1.54) is 0 Å². The van der Waals surface area contributed by atoms with Gasteiger partial charge in [-0.1, -0.05) is 60.7 Å². The zero-order valence-corrected chi connectivity index (χ0v) is 18.3. The molecule has 0 unspecified atom stereocenters. The van der Waals surface area contributed by atoms with Gasteiger partial charge in [0.25, 0.3) is 0 Å². The Balaban J connectivity index is 1.43. The van der Waals surface area contributed by atoms with Gasteiger partial charge in [-0.3, -0.25) is 0 Å². The number of ether oxygens (including phenoxy) is 2. The molecule has 4 nitrogen and oxygen atoms in total. The molecule has 0 radical (unpaired) electrons. The molecule has 162 valence electrons. The topological polar surface area (TPSA) is 44.5 Å². The lowest BCUT2D eigenvalue weighted by molar-refractivity contribution is 0.415. The number of methoxy groups -OCH3 is 1. The molecule has 0 fully saturated rings. The van der Waals surface area contributed by atoms with Crippen molar-refractivity contribution >= 4 is 0 Å². The first kappa shape index (κ1) is 20.6. The van der Waals surface area contributed by atoms with Crippen LogP contribution in [0.1, 0.15) is 11.3 Å². The molecule has 0 spiro atoms. The summed E-state index contributed by atoms with van der Waals surface area (Å²) < 4.78 is 17.4. The van der Waals surface area contributed by atoms with Crippen molar-refractivity contribution in [3.63, 3.8) is 0 Å². The molecule has 0 aliphatic rings. The molecule has 1 aromatic heterocycles. The van der Waals surface area contributed by atoms with Crippen LogP contribution in [0, 0.1) is 0 Å². The van der Waals surface area contributed by atoms with Crippen LogP contribution in [-0.4, -0.2) is 12.1 Å². The Hall–Kier alpha value is -4.31. The molecule has 0 atom stereocenters. The van der Waals surface area contributed by atoms with E-state index in [1.807, 2.05) is 97.1 Å². The van der Waals surface area contributed by atoms with Gasteiger partial charge in [0.2, 0.25) is 5.89 Å². The van der Waals surface area contributed by atoms with Gasteiger partial charge in [-0.05, 0) is 54.1 Å². The van der Waals surface area contributed by atoms with Crippen LogP contribution in [0.2, 0.25) is 0 Å². The summed E-state index contributed by atoms with van der Waals surface area (Å²) in [6.07, 6.45) is 0.648. The van der Waals surface area contributed by atoms with E-state index >= 15 is 0 Å². The Morgan fingerprint density at radius 1 is 0.636 bits per heavy atom. The summed E-state index contributed by atoms with van der Waals surface area (Å²) >= 11 is 0. The van der Waals surface area contributed by atoms with Gasteiger partial charge in [0.05, 0.1) is 12.8 Å². The van der Waals surface area contributed by atoms with Gasteiger partial charge in [-0.15, -0.1) is 0 Å². The van der Waals surface area contributed by atoms with E-state index in [2.05, 4.69) is 12.1 Å². The average molecular weight is 434 g/mol. The van der Waals surface area contributed by atoms with Crippen LogP contribution in [0.4, 0.5) is 0 Å². The highest BCUT2D eigenvalue weighted by molar-refractivity contribution is 5.65. The van der Waals surface area contributed by atoms with E-state index in [4.69, 9.17) is 18.9 Å². The summed E-state index contributed by atoms with van der Waals surface area (Å²) in [4.78, 5) is 4.86. The Morgan fingerprint density at radius 3 is 1.91 bits per heavy atom. The molecule has 0 aliphatic heterocycles. The minimum atomic E-state index is 0.593. The second-order valence-corrected chi connectivity index (χ2v) is 7.63. The van der Waals surface area contributed by atoms with E-state index in [0.717, 1.165) is 45.4 Å². The van der Waals surface area contributed by atoms with Crippen molar-refractivity contribution in [1.82, 2.24) is 4.98 Å². The molecule has 0 bridgehead atoms. The van der Waals surface area contributed by atoms with Crippen LogP contribution >= 0.6 is 0 Å². The summed E-state index contributed by atoms with van der Waals surface area (Å²) in [5.74, 6) is 3.79. The first-order valence-electron chi connectivity index (χ1n) is 10.8. The fourth-order valence-electron chi connectivity index (χ4n) is 3.64. The number of hydrogen-bond acceptors (Lipinski definition) is 4. The molecule has 0 N–H and O–H groups in total. The standard InChI is InChI=1S/C29H23NO3/c1-31-24-18-14-23(15-19-24)29-30-27(28(33-29)22-8-4-2-5-9-22)20-21-12-16-26(17-13-21)32-25-10-6-3-7-11-25/h2-19H,20H2,1H3. The highest BCUT2D eigenvalue weighted by atomic mass is 16.5. The maximum atomic E-state index is 6.26. The molecule has 5 aromatic rings. The zero-order chi connectivity index (χ0) is 22.5. The van der Waals surface area contributed by atoms with Gasteiger partial charge in [-0.2, -0.15) is 0 Å². The smallest absolute Gasteiger partial charge is 0.227 e. The predicted molar refractivity (Wildman–Crippen MR) is 130 cm³/mol. The van der Waals surface area contributed by atoms with Crippen LogP contribution < -0.4 is 9.47 Å². The van der Waals surface area contributed by atoms with Gasteiger partial charge in [0, 0.05) is 17.5 Å². The van der Waals surface area contributed by atoms with Crippen molar-refractivity contribution in [3.05, 3.63) is 120 Å². The molecule has 33 heavy (non-hydrogen) atoms. The number of rotatable bonds is 7. The van der Waals surface area contributed by atoms with Crippen molar-refractivity contribution in [1.29, 1.82) is 0 Å². The van der Waals surface area contributed by atoms with Gasteiger partial charge >= 0.3 is 0 Å².